The van der Waals surface area contributed by atoms with Gasteiger partial charge in [0.1, 0.15) is 5.78 Å². The number of likely N-dealkylation sites (tertiary alicyclic amines) is 1. The lowest BCUT2D eigenvalue weighted by Gasteiger charge is -2.38. The van der Waals surface area contributed by atoms with Crippen LogP contribution in [0.4, 0.5) is 13.2 Å². The number of Topliss-reactive ketones (excluding diaryl/α,β-unsaturated/α-hetero) is 1. The van der Waals surface area contributed by atoms with Crippen molar-refractivity contribution in [2.75, 3.05) is 13.1 Å². The van der Waals surface area contributed by atoms with E-state index in [0.717, 1.165) is 32.1 Å². The normalized spacial score (nSPS) is 30.9. The molecule has 2 aliphatic rings. The number of nitrogens with zero attached hydrogens (tertiary/aromatic N) is 1. The Morgan fingerprint density at radius 2 is 1.94 bits per heavy atom. The van der Waals surface area contributed by atoms with Gasteiger partial charge in [0, 0.05) is 24.9 Å². The summed E-state index contributed by atoms with van der Waals surface area (Å²) in [5, 5.41) is 0. The lowest BCUT2D eigenvalue weighted by molar-refractivity contribution is -0.141. The third-order valence-corrected chi connectivity index (χ3v) is 4.16. The van der Waals surface area contributed by atoms with Gasteiger partial charge in [-0.05, 0) is 32.2 Å². The van der Waals surface area contributed by atoms with Crippen molar-refractivity contribution in [3.8, 4) is 0 Å². The minimum Gasteiger partial charge on any atom is -0.299 e. The SMILES string of the molecule is O=C1CCCC1C1CCCCN1CCC(F)(F)F. The molecule has 2 rings (SSSR count). The molecule has 104 valence electrons. The molecule has 0 radical (unpaired) electrons. The molecule has 1 saturated heterocycles. The Bertz CT molecular complexity index is 303. The second-order valence-corrected chi connectivity index (χ2v) is 5.43. The molecule has 18 heavy (non-hydrogen) atoms. The molecular formula is C13H20F3NO. The van der Waals surface area contributed by atoms with E-state index < -0.39 is 12.6 Å². The van der Waals surface area contributed by atoms with Gasteiger partial charge in [0.2, 0.25) is 0 Å². The van der Waals surface area contributed by atoms with Crippen molar-refractivity contribution in [1.29, 1.82) is 0 Å². The number of hydrogen-bond donors (Lipinski definition) is 0. The van der Waals surface area contributed by atoms with E-state index in [9.17, 15) is 18.0 Å². The van der Waals surface area contributed by atoms with E-state index in [1.807, 2.05) is 4.90 Å². The van der Waals surface area contributed by atoms with E-state index in [4.69, 9.17) is 0 Å². The van der Waals surface area contributed by atoms with Crippen molar-refractivity contribution in [1.82, 2.24) is 4.90 Å². The fraction of sp³-hybridized carbons (Fsp3) is 0.923. The first kappa shape index (κ1) is 13.8. The number of ketones is 1. The molecule has 0 amide bonds. The maximum atomic E-state index is 12.3. The highest BCUT2D eigenvalue weighted by Gasteiger charge is 2.38. The van der Waals surface area contributed by atoms with Gasteiger partial charge in [0.15, 0.2) is 0 Å². The predicted octanol–water partition coefficient (Wildman–Crippen LogP) is 3.16. The number of hydrogen-bond acceptors (Lipinski definition) is 2. The summed E-state index contributed by atoms with van der Waals surface area (Å²) in [4.78, 5) is 13.7. The Morgan fingerprint density at radius 3 is 2.56 bits per heavy atom. The van der Waals surface area contributed by atoms with Gasteiger partial charge in [-0.25, -0.2) is 0 Å². The summed E-state index contributed by atoms with van der Waals surface area (Å²) < 4.78 is 36.9. The Balaban J connectivity index is 1.95. The van der Waals surface area contributed by atoms with E-state index in [1.165, 1.54) is 0 Å². The van der Waals surface area contributed by atoms with E-state index in [-0.39, 0.29) is 24.3 Å². The summed E-state index contributed by atoms with van der Waals surface area (Å²) in [7, 11) is 0. The lowest BCUT2D eigenvalue weighted by Crippen LogP contribution is -2.46. The van der Waals surface area contributed by atoms with Crippen LogP contribution >= 0.6 is 0 Å². The maximum absolute atomic E-state index is 12.3. The average molecular weight is 263 g/mol. The fourth-order valence-corrected chi connectivity index (χ4v) is 3.27. The number of carbonyl (C=O) groups is 1. The summed E-state index contributed by atoms with van der Waals surface area (Å²) >= 11 is 0. The molecule has 0 N–H and O–H groups in total. The monoisotopic (exact) mass is 263 g/mol. The molecule has 2 unspecified atom stereocenters. The van der Waals surface area contributed by atoms with Gasteiger partial charge in [0.25, 0.3) is 0 Å². The van der Waals surface area contributed by atoms with Gasteiger partial charge in [-0.3, -0.25) is 9.69 Å². The van der Waals surface area contributed by atoms with Gasteiger partial charge < -0.3 is 0 Å². The van der Waals surface area contributed by atoms with Crippen molar-refractivity contribution in [3.05, 3.63) is 0 Å². The summed E-state index contributed by atoms with van der Waals surface area (Å²) in [5.41, 5.74) is 0. The third kappa shape index (κ3) is 3.46. The second-order valence-electron chi connectivity index (χ2n) is 5.43. The Kier molecular flexibility index (Phi) is 4.30. The summed E-state index contributed by atoms with van der Waals surface area (Å²) in [6.07, 6.45) is 0.417. The van der Waals surface area contributed by atoms with Crippen LogP contribution in [-0.2, 0) is 4.79 Å². The second kappa shape index (κ2) is 5.59. The Labute approximate surface area is 106 Å². The molecule has 2 atom stereocenters. The van der Waals surface area contributed by atoms with Gasteiger partial charge >= 0.3 is 6.18 Å². The molecule has 0 spiro atoms. The summed E-state index contributed by atoms with van der Waals surface area (Å²) in [6.45, 7) is 0.766. The van der Waals surface area contributed by atoms with Crippen molar-refractivity contribution in [3.63, 3.8) is 0 Å². The van der Waals surface area contributed by atoms with Gasteiger partial charge in [-0.2, -0.15) is 13.2 Å². The Hall–Kier alpha value is -0.580. The zero-order valence-electron chi connectivity index (χ0n) is 10.5. The Morgan fingerprint density at radius 1 is 1.17 bits per heavy atom. The first-order valence-corrected chi connectivity index (χ1v) is 6.81. The number of piperidine rings is 1. The molecule has 0 aromatic carbocycles. The van der Waals surface area contributed by atoms with Crippen molar-refractivity contribution < 1.29 is 18.0 Å². The van der Waals surface area contributed by atoms with Gasteiger partial charge in [-0.1, -0.05) is 6.42 Å². The first-order valence-electron chi connectivity index (χ1n) is 6.81. The molecule has 2 fully saturated rings. The highest BCUT2D eigenvalue weighted by atomic mass is 19.4. The molecule has 1 aliphatic carbocycles. The van der Waals surface area contributed by atoms with Crippen LogP contribution in [-0.4, -0.2) is 36.0 Å². The molecule has 5 heteroatoms. The molecule has 0 bridgehead atoms. The quantitative estimate of drug-likeness (QED) is 0.779. The minimum absolute atomic E-state index is 0.00136. The average Bonchev–Trinajstić information content (AvgIpc) is 2.72. The zero-order chi connectivity index (χ0) is 13.2. The highest BCUT2D eigenvalue weighted by molar-refractivity contribution is 5.83. The van der Waals surface area contributed by atoms with Gasteiger partial charge in [-0.15, -0.1) is 0 Å². The lowest BCUT2D eigenvalue weighted by atomic mass is 9.88. The van der Waals surface area contributed by atoms with Crippen LogP contribution in [0.15, 0.2) is 0 Å². The smallest absolute Gasteiger partial charge is 0.299 e. The topological polar surface area (TPSA) is 20.3 Å². The standard InChI is InChI=1S/C13H20F3NO/c14-13(15,16)7-9-17-8-2-1-5-11(17)10-4-3-6-12(10)18/h10-11H,1-9H2. The molecule has 1 aliphatic heterocycles. The number of alkyl halides is 3. The number of halogens is 3. The molecule has 1 saturated carbocycles. The van der Waals surface area contributed by atoms with Crippen LogP contribution < -0.4 is 0 Å². The minimum atomic E-state index is -4.10. The van der Waals surface area contributed by atoms with E-state index in [0.29, 0.717) is 13.0 Å². The van der Waals surface area contributed by atoms with E-state index >= 15 is 0 Å². The highest BCUT2D eigenvalue weighted by Crippen LogP contribution is 2.33. The predicted molar refractivity (Wildman–Crippen MR) is 62.2 cm³/mol. The van der Waals surface area contributed by atoms with Crippen LogP contribution in [0.25, 0.3) is 0 Å². The van der Waals surface area contributed by atoms with Crippen LogP contribution in [0.3, 0.4) is 0 Å². The van der Waals surface area contributed by atoms with E-state index in [1.54, 1.807) is 0 Å². The largest absolute Gasteiger partial charge is 0.390 e. The zero-order valence-corrected chi connectivity index (χ0v) is 10.5. The molecule has 1 heterocycles. The van der Waals surface area contributed by atoms with Crippen molar-refractivity contribution in [2.45, 2.75) is 57.2 Å². The molecule has 0 aromatic heterocycles. The number of carbonyl (C=O) groups excluding carboxylic acids is 1. The van der Waals surface area contributed by atoms with Crippen LogP contribution in [0.2, 0.25) is 0 Å². The van der Waals surface area contributed by atoms with E-state index in [2.05, 4.69) is 0 Å². The third-order valence-electron chi connectivity index (χ3n) is 4.16. The van der Waals surface area contributed by atoms with Crippen LogP contribution in [0.1, 0.15) is 44.9 Å². The molecule has 0 aromatic rings. The van der Waals surface area contributed by atoms with Gasteiger partial charge in [0.05, 0.1) is 6.42 Å². The first-order chi connectivity index (χ1) is 8.47. The van der Waals surface area contributed by atoms with Crippen molar-refractivity contribution >= 4 is 5.78 Å². The number of rotatable bonds is 3. The maximum Gasteiger partial charge on any atom is 0.390 e. The molecular weight excluding hydrogens is 243 g/mol. The van der Waals surface area contributed by atoms with Crippen LogP contribution in [0, 0.1) is 5.92 Å². The van der Waals surface area contributed by atoms with Crippen molar-refractivity contribution in [2.24, 2.45) is 5.92 Å². The molecule has 2 nitrogen and oxygen atoms in total. The summed E-state index contributed by atoms with van der Waals surface area (Å²) in [5.74, 6) is 0.262. The summed E-state index contributed by atoms with van der Waals surface area (Å²) in [6, 6.07) is 0.0658. The fourth-order valence-electron chi connectivity index (χ4n) is 3.27. The van der Waals surface area contributed by atoms with Crippen LogP contribution in [0.5, 0.6) is 0 Å².